The molecule has 0 spiro atoms. The maximum absolute atomic E-state index is 12.9. The molecule has 1 N–H and O–H groups in total. The molecule has 7 heteroatoms. The molecule has 0 atom stereocenters. The first-order chi connectivity index (χ1) is 17.9. The maximum atomic E-state index is 12.9. The minimum absolute atomic E-state index is 0.163. The number of carbonyl (C=O) groups is 1. The van der Waals surface area contributed by atoms with E-state index in [-0.39, 0.29) is 5.91 Å². The van der Waals surface area contributed by atoms with Gasteiger partial charge in [0.1, 0.15) is 5.84 Å². The number of hydrogen-bond acceptors (Lipinski definition) is 5. The summed E-state index contributed by atoms with van der Waals surface area (Å²) in [5, 5.41) is 8.57. The second-order valence-electron chi connectivity index (χ2n) is 9.36. The van der Waals surface area contributed by atoms with Gasteiger partial charge in [-0.3, -0.25) is 10.2 Å². The Morgan fingerprint density at radius 2 is 1.86 bits per heavy atom. The molecule has 1 aromatic heterocycles. The number of hydrogen-bond donors (Lipinski definition) is 1. The first-order valence-electron chi connectivity index (χ1n) is 12.8. The van der Waals surface area contributed by atoms with Crippen LogP contribution in [-0.4, -0.2) is 59.1 Å². The Balaban J connectivity index is 1.26. The number of nitrogens with zero attached hydrogens (tertiary/aromatic N) is 3. The van der Waals surface area contributed by atoms with Crippen LogP contribution in [0.25, 0.3) is 6.08 Å². The molecular weight excluding hydrogens is 496 g/mol. The Labute approximate surface area is 229 Å². The lowest BCUT2D eigenvalue weighted by Crippen LogP contribution is -2.47. The summed E-state index contributed by atoms with van der Waals surface area (Å²) in [5.74, 6) is 0.678. The molecule has 1 aliphatic heterocycles. The predicted octanol–water partition coefficient (Wildman–Crippen LogP) is 6.33. The first kappa shape index (κ1) is 27.2. The number of amidine groups is 1. The van der Waals surface area contributed by atoms with Gasteiger partial charge in [-0.2, -0.15) is 0 Å². The SMILES string of the molecule is CC/C=C\c1cc(SN2CCN(Cc3ccc(C(=N)N(C)CCc4ccccc4)cc3)C(=O)C2)sc1C. The Kier molecular flexibility index (Phi) is 9.61. The third-order valence-corrected chi connectivity index (χ3v) is 8.73. The number of thiophene rings is 1. The van der Waals surface area contributed by atoms with Crippen LogP contribution < -0.4 is 0 Å². The molecule has 1 fully saturated rings. The number of aryl methyl sites for hydroxylation is 1. The van der Waals surface area contributed by atoms with Crippen molar-refractivity contribution < 1.29 is 4.79 Å². The minimum Gasteiger partial charge on any atom is -0.359 e. The van der Waals surface area contributed by atoms with Gasteiger partial charge < -0.3 is 9.80 Å². The number of carbonyl (C=O) groups excluding carboxylic acids is 1. The summed E-state index contributed by atoms with van der Waals surface area (Å²) in [7, 11) is 1.97. The van der Waals surface area contributed by atoms with E-state index in [1.54, 1.807) is 23.3 Å². The molecule has 37 heavy (non-hydrogen) atoms. The Bertz CT molecular complexity index is 1220. The van der Waals surface area contributed by atoms with Gasteiger partial charge in [-0.25, -0.2) is 4.31 Å². The number of allylic oxidation sites excluding steroid dienone is 1. The van der Waals surface area contributed by atoms with Crippen molar-refractivity contribution in [1.29, 1.82) is 5.41 Å². The fourth-order valence-electron chi connectivity index (χ4n) is 4.24. The monoisotopic (exact) mass is 532 g/mol. The molecule has 0 aliphatic carbocycles. The zero-order chi connectivity index (χ0) is 26.2. The van der Waals surface area contributed by atoms with Crippen LogP contribution in [0.4, 0.5) is 0 Å². The van der Waals surface area contributed by atoms with Gasteiger partial charge in [0.05, 0.1) is 10.8 Å². The van der Waals surface area contributed by atoms with Crippen LogP contribution in [-0.2, 0) is 17.8 Å². The Morgan fingerprint density at radius 3 is 2.57 bits per heavy atom. The van der Waals surface area contributed by atoms with Gasteiger partial charge >= 0.3 is 0 Å². The molecule has 5 nitrogen and oxygen atoms in total. The van der Waals surface area contributed by atoms with E-state index in [4.69, 9.17) is 5.41 Å². The quantitative estimate of drug-likeness (QED) is 0.188. The van der Waals surface area contributed by atoms with E-state index in [1.807, 2.05) is 47.2 Å². The number of likely N-dealkylation sites (N-methyl/N-ethyl adjacent to an activating group) is 1. The van der Waals surface area contributed by atoms with Crippen LogP contribution in [0.3, 0.4) is 0 Å². The highest BCUT2D eigenvalue weighted by atomic mass is 32.2. The molecule has 194 valence electrons. The van der Waals surface area contributed by atoms with Crippen molar-refractivity contribution >= 4 is 41.1 Å². The van der Waals surface area contributed by atoms with Crippen molar-refractivity contribution in [2.24, 2.45) is 0 Å². The van der Waals surface area contributed by atoms with Crippen molar-refractivity contribution in [1.82, 2.24) is 14.1 Å². The fourth-order valence-corrected chi connectivity index (χ4v) is 6.60. The van der Waals surface area contributed by atoms with Crippen LogP contribution in [0.15, 0.2) is 70.9 Å². The molecule has 0 saturated carbocycles. The Morgan fingerprint density at radius 1 is 1.11 bits per heavy atom. The van der Waals surface area contributed by atoms with Crippen molar-refractivity contribution in [2.45, 2.75) is 37.4 Å². The van der Waals surface area contributed by atoms with Gasteiger partial charge in [-0.05, 0) is 54.5 Å². The summed E-state index contributed by atoms with van der Waals surface area (Å²) in [6, 6.07) is 20.7. The molecule has 2 heterocycles. The molecule has 4 rings (SSSR count). The number of nitrogens with one attached hydrogen (secondary N) is 1. The van der Waals surface area contributed by atoms with Crippen LogP contribution in [0.5, 0.6) is 0 Å². The molecule has 3 aromatic rings. The third-order valence-electron chi connectivity index (χ3n) is 6.53. The zero-order valence-corrected chi connectivity index (χ0v) is 23.6. The second kappa shape index (κ2) is 13.1. The molecule has 2 aromatic carbocycles. The van der Waals surface area contributed by atoms with Gasteiger partial charge in [0.2, 0.25) is 5.91 Å². The van der Waals surface area contributed by atoms with Crippen LogP contribution in [0.2, 0.25) is 0 Å². The summed E-state index contributed by atoms with van der Waals surface area (Å²) in [4.78, 5) is 18.1. The minimum atomic E-state index is 0.163. The van der Waals surface area contributed by atoms with Crippen molar-refractivity contribution in [3.05, 3.63) is 93.9 Å². The normalized spacial score (nSPS) is 14.5. The van der Waals surface area contributed by atoms with Gasteiger partial charge in [0.25, 0.3) is 0 Å². The summed E-state index contributed by atoms with van der Waals surface area (Å²) in [6.07, 6.45) is 6.32. The topological polar surface area (TPSA) is 50.6 Å². The number of rotatable bonds is 10. The standard InChI is InChI=1S/C30H36N4OS2/c1-4-5-11-27-20-29(36-23(27)2)37-34-19-18-33(28(35)22-34)21-25-12-14-26(15-13-25)30(31)32(3)17-16-24-9-7-6-8-10-24/h5-15,20,31H,4,16-19,21-22H2,1-3H3/b11-5-,31-30?. The third kappa shape index (κ3) is 7.57. The van der Waals surface area contributed by atoms with Crippen molar-refractivity contribution in [3.63, 3.8) is 0 Å². The average Bonchev–Trinajstić information content (AvgIpc) is 3.26. The highest BCUT2D eigenvalue weighted by Gasteiger charge is 2.25. The molecule has 0 radical (unpaired) electrons. The van der Waals surface area contributed by atoms with Gasteiger partial charge in [-0.1, -0.05) is 73.7 Å². The van der Waals surface area contributed by atoms with Crippen molar-refractivity contribution in [3.8, 4) is 0 Å². The number of piperazine rings is 1. The summed E-state index contributed by atoms with van der Waals surface area (Å²) < 4.78 is 3.41. The second-order valence-corrected chi connectivity index (χ2v) is 12.0. The molecular formula is C30H36N4OS2. The summed E-state index contributed by atoms with van der Waals surface area (Å²) >= 11 is 3.49. The van der Waals surface area contributed by atoms with E-state index in [2.05, 4.69) is 60.6 Å². The van der Waals surface area contributed by atoms with Crippen LogP contribution in [0.1, 0.15) is 40.5 Å². The van der Waals surface area contributed by atoms with E-state index >= 15 is 0 Å². The summed E-state index contributed by atoms with van der Waals surface area (Å²) in [5.41, 5.74) is 4.55. The largest absolute Gasteiger partial charge is 0.359 e. The molecule has 1 saturated heterocycles. The van der Waals surface area contributed by atoms with Crippen molar-refractivity contribution in [2.75, 3.05) is 33.2 Å². The smallest absolute Gasteiger partial charge is 0.238 e. The summed E-state index contributed by atoms with van der Waals surface area (Å²) in [6.45, 7) is 7.70. The fraction of sp³-hybridized carbons (Fsp3) is 0.333. The van der Waals surface area contributed by atoms with E-state index in [9.17, 15) is 4.79 Å². The van der Waals surface area contributed by atoms with Gasteiger partial charge in [0, 0.05) is 43.7 Å². The van der Waals surface area contributed by atoms with Crippen LogP contribution in [0, 0.1) is 12.3 Å². The van der Waals surface area contributed by atoms with E-state index in [0.29, 0.717) is 18.9 Å². The molecule has 1 amide bonds. The molecule has 0 bridgehead atoms. The lowest BCUT2D eigenvalue weighted by molar-refractivity contribution is -0.134. The molecule has 1 aliphatic rings. The number of benzene rings is 2. The van der Waals surface area contributed by atoms with Gasteiger partial charge in [-0.15, -0.1) is 11.3 Å². The van der Waals surface area contributed by atoms with Crippen LogP contribution >= 0.6 is 23.3 Å². The predicted molar refractivity (Wildman–Crippen MR) is 157 cm³/mol. The average molecular weight is 533 g/mol. The lowest BCUT2D eigenvalue weighted by Gasteiger charge is -2.33. The van der Waals surface area contributed by atoms with Gasteiger partial charge in [0.15, 0.2) is 0 Å². The Hall–Kier alpha value is -2.87. The van der Waals surface area contributed by atoms with E-state index in [0.717, 1.165) is 43.6 Å². The maximum Gasteiger partial charge on any atom is 0.238 e. The number of amides is 1. The highest BCUT2D eigenvalue weighted by molar-refractivity contribution is 7.99. The molecule has 0 unspecified atom stereocenters. The zero-order valence-electron chi connectivity index (χ0n) is 21.9. The highest BCUT2D eigenvalue weighted by Crippen LogP contribution is 2.34. The lowest BCUT2D eigenvalue weighted by atomic mass is 10.1. The van der Waals surface area contributed by atoms with E-state index in [1.165, 1.54) is 20.2 Å². The van der Waals surface area contributed by atoms with E-state index < -0.39 is 0 Å². The first-order valence-corrected chi connectivity index (χ1v) is 14.4.